The number of aryl methyl sites for hydroxylation is 1. The van der Waals surface area contributed by atoms with Gasteiger partial charge in [-0.15, -0.1) is 0 Å². The van der Waals surface area contributed by atoms with E-state index >= 15 is 0 Å². The van der Waals surface area contributed by atoms with Crippen molar-refractivity contribution in [3.63, 3.8) is 0 Å². The Morgan fingerprint density at radius 2 is 2.07 bits per heavy atom. The van der Waals surface area contributed by atoms with Crippen molar-refractivity contribution in [3.8, 4) is 0 Å². The molecule has 1 unspecified atom stereocenters. The summed E-state index contributed by atoms with van der Waals surface area (Å²) in [7, 11) is 1.84. The first kappa shape index (κ1) is 20.4. The van der Waals surface area contributed by atoms with Crippen LogP contribution in [0, 0.1) is 0 Å². The fourth-order valence-electron chi connectivity index (χ4n) is 3.44. The number of aromatic nitrogens is 2. The van der Waals surface area contributed by atoms with Crippen LogP contribution in [0.2, 0.25) is 0 Å². The smallest absolute Gasteiger partial charge is 0.191 e. The van der Waals surface area contributed by atoms with Crippen molar-refractivity contribution in [2.24, 2.45) is 12.0 Å². The Hall–Kier alpha value is -2.38. The van der Waals surface area contributed by atoms with E-state index in [1.165, 1.54) is 11.1 Å². The first-order valence-corrected chi connectivity index (χ1v) is 10.0. The average molecular weight is 385 g/mol. The molecule has 0 amide bonds. The number of guanidine groups is 1. The predicted octanol–water partition coefficient (Wildman–Crippen LogP) is 1.24. The number of nitrogens with zero attached hydrogens (tertiary/aromatic N) is 4. The van der Waals surface area contributed by atoms with Crippen LogP contribution in [0.4, 0.5) is 0 Å². The fourth-order valence-corrected chi connectivity index (χ4v) is 3.44. The van der Waals surface area contributed by atoms with Crippen molar-refractivity contribution in [1.82, 2.24) is 25.3 Å². The average Bonchev–Trinajstić information content (AvgIpc) is 3.13. The molecule has 0 saturated carbocycles. The SMILES string of the molecule is CCNC(=NCC(C)(O)c1cnn(C)c1)NCCN1CCc2ccccc2C1. The van der Waals surface area contributed by atoms with Crippen LogP contribution in [0.5, 0.6) is 0 Å². The summed E-state index contributed by atoms with van der Waals surface area (Å²) in [4.78, 5) is 7.04. The number of hydrogen-bond acceptors (Lipinski definition) is 4. The third-order valence-corrected chi connectivity index (χ3v) is 5.15. The lowest BCUT2D eigenvalue weighted by Gasteiger charge is -2.29. The van der Waals surface area contributed by atoms with Gasteiger partial charge in [-0.1, -0.05) is 24.3 Å². The number of rotatable bonds is 7. The molecule has 7 nitrogen and oxygen atoms in total. The first-order valence-electron chi connectivity index (χ1n) is 10.0. The van der Waals surface area contributed by atoms with Crippen LogP contribution in [0.3, 0.4) is 0 Å². The molecule has 1 aromatic heterocycles. The third-order valence-electron chi connectivity index (χ3n) is 5.15. The molecule has 28 heavy (non-hydrogen) atoms. The zero-order chi connectivity index (χ0) is 20.0. The summed E-state index contributed by atoms with van der Waals surface area (Å²) >= 11 is 0. The summed E-state index contributed by atoms with van der Waals surface area (Å²) in [6.45, 7) is 8.70. The van der Waals surface area contributed by atoms with Gasteiger partial charge in [0.2, 0.25) is 0 Å². The summed E-state index contributed by atoms with van der Waals surface area (Å²) in [6, 6.07) is 8.69. The Kier molecular flexibility index (Phi) is 6.70. The van der Waals surface area contributed by atoms with Crippen molar-refractivity contribution in [2.75, 3.05) is 32.7 Å². The van der Waals surface area contributed by atoms with Crippen LogP contribution >= 0.6 is 0 Å². The molecule has 3 rings (SSSR count). The number of aliphatic imine (C=N–C) groups is 1. The topological polar surface area (TPSA) is 77.7 Å². The Morgan fingerprint density at radius 1 is 1.29 bits per heavy atom. The van der Waals surface area contributed by atoms with Crippen LogP contribution in [-0.4, -0.2) is 58.5 Å². The summed E-state index contributed by atoms with van der Waals surface area (Å²) < 4.78 is 1.69. The minimum Gasteiger partial charge on any atom is -0.383 e. The normalized spacial score (nSPS) is 17.1. The third kappa shape index (κ3) is 5.33. The highest BCUT2D eigenvalue weighted by Crippen LogP contribution is 2.20. The zero-order valence-electron chi connectivity index (χ0n) is 17.1. The van der Waals surface area contributed by atoms with Gasteiger partial charge in [-0.3, -0.25) is 9.58 Å². The highest BCUT2D eigenvalue weighted by Gasteiger charge is 2.24. The number of hydrogen-bond donors (Lipinski definition) is 3. The van der Waals surface area contributed by atoms with Crippen LogP contribution in [0.15, 0.2) is 41.7 Å². The molecular weight excluding hydrogens is 352 g/mol. The second-order valence-electron chi connectivity index (χ2n) is 7.59. The molecule has 2 heterocycles. The van der Waals surface area contributed by atoms with Crippen molar-refractivity contribution in [1.29, 1.82) is 0 Å². The molecule has 0 bridgehead atoms. The zero-order valence-corrected chi connectivity index (χ0v) is 17.1. The lowest BCUT2D eigenvalue weighted by atomic mass is 10.00. The van der Waals surface area contributed by atoms with Gasteiger partial charge in [-0.25, -0.2) is 4.99 Å². The molecule has 1 aliphatic rings. The largest absolute Gasteiger partial charge is 0.383 e. The molecule has 0 aliphatic carbocycles. The predicted molar refractivity (Wildman–Crippen MR) is 112 cm³/mol. The molecule has 1 atom stereocenters. The van der Waals surface area contributed by atoms with Crippen LogP contribution in [0.1, 0.15) is 30.5 Å². The van der Waals surface area contributed by atoms with Gasteiger partial charge in [-0.05, 0) is 31.4 Å². The van der Waals surface area contributed by atoms with Gasteiger partial charge < -0.3 is 15.7 Å². The molecule has 1 aliphatic heterocycles. The van der Waals surface area contributed by atoms with E-state index in [2.05, 4.69) is 49.9 Å². The molecule has 2 aromatic rings. The molecule has 3 N–H and O–H groups in total. The van der Waals surface area contributed by atoms with Gasteiger partial charge in [0.1, 0.15) is 5.60 Å². The van der Waals surface area contributed by atoms with Gasteiger partial charge >= 0.3 is 0 Å². The van der Waals surface area contributed by atoms with Gasteiger partial charge in [0.05, 0.1) is 12.7 Å². The van der Waals surface area contributed by atoms with E-state index in [-0.39, 0.29) is 6.54 Å². The Labute approximate surface area is 167 Å². The summed E-state index contributed by atoms with van der Waals surface area (Å²) in [5.74, 6) is 0.726. The molecule has 0 spiro atoms. The molecule has 0 saturated heterocycles. The van der Waals surface area contributed by atoms with Gasteiger partial charge in [-0.2, -0.15) is 5.10 Å². The Morgan fingerprint density at radius 3 is 2.79 bits per heavy atom. The minimum absolute atomic E-state index is 0.269. The molecule has 0 radical (unpaired) electrons. The molecule has 152 valence electrons. The van der Waals surface area contributed by atoms with Crippen LogP contribution in [-0.2, 0) is 25.6 Å². The second-order valence-corrected chi connectivity index (χ2v) is 7.59. The summed E-state index contributed by atoms with van der Waals surface area (Å²) in [5, 5.41) is 21.5. The highest BCUT2D eigenvalue weighted by atomic mass is 16.3. The van der Waals surface area contributed by atoms with Crippen molar-refractivity contribution >= 4 is 5.96 Å². The second kappa shape index (κ2) is 9.21. The van der Waals surface area contributed by atoms with Gasteiger partial charge in [0, 0.05) is 51.5 Å². The quantitative estimate of drug-likeness (QED) is 0.495. The minimum atomic E-state index is -1.05. The van der Waals surface area contributed by atoms with E-state index in [1.54, 1.807) is 17.8 Å². The number of nitrogens with one attached hydrogen (secondary N) is 2. The van der Waals surface area contributed by atoms with Crippen molar-refractivity contribution < 1.29 is 5.11 Å². The number of fused-ring (bicyclic) bond motifs is 1. The highest BCUT2D eigenvalue weighted by molar-refractivity contribution is 5.79. The lowest BCUT2D eigenvalue weighted by Crippen LogP contribution is -2.43. The van der Waals surface area contributed by atoms with Crippen molar-refractivity contribution in [2.45, 2.75) is 32.4 Å². The maximum Gasteiger partial charge on any atom is 0.191 e. The molecule has 0 fully saturated rings. The maximum atomic E-state index is 10.7. The molecular formula is C21H32N6O. The van der Waals surface area contributed by atoms with Crippen molar-refractivity contribution in [3.05, 3.63) is 53.3 Å². The summed E-state index contributed by atoms with van der Waals surface area (Å²) in [6.07, 6.45) is 4.62. The van der Waals surface area contributed by atoms with E-state index in [0.717, 1.165) is 50.7 Å². The van der Waals surface area contributed by atoms with E-state index in [1.807, 2.05) is 20.2 Å². The molecule has 1 aromatic carbocycles. The summed E-state index contributed by atoms with van der Waals surface area (Å²) in [5.41, 5.74) is 2.62. The van der Waals surface area contributed by atoms with E-state index in [4.69, 9.17) is 0 Å². The molecule has 7 heteroatoms. The first-order chi connectivity index (χ1) is 13.5. The lowest BCUT2D eigenvalue weighted by molar-refractivity contribution is 0.0671. The van der Waals surface area contributed by atoms with Crippen LogP contribution in [0.25, 0.3) is 0 Å². The van der Waals surface area contributed by atoms with E-state index in [9.17, 15) is 5.11 Å². The Bertz CT molecular complexity index is 798. The number of aliphatic hydroxyl groups is 1. The van der Waals surface area contributed by atoms with E-state index < -0.39 is 5.60 Å². The fraction of sp³-hybridized carbons (Fsp3) is 0.524. The van der Waals surface area contributed by atoms with E-state index in [0.29, 0.717) is 0 Å². The van der Waals surface area contributed by atoms with Gasteiger partial charge in [0.25, 0.3) is 0 Å². The monoisotopic (exact) mass is 384 g/mol. The number of benzene rings is 1. The maximum absolute atomic E-state index is 10.7. The van der Waals surface area contributed by atoms with Crippen LogP contribution < -0.4 is 10.6 Å². The standard InChI is InChI=1S/C21H32N6O/c1-4-22-20(24-16-21(2,28)19-13-25-26(3)15-19)23-10-12-27-11-9-17-7-5-6-8-18(17)14-27/h5-8,13,15,28H,4,9-12,14,16H2,1-3H3,(H2,22,23,24). The Balaban J connectivity index is 1.51. The van der Waals surface area contributed by atoms with Gasteiger partial charge in [0.15, 0.2) is 5.96 Å².